The highest BCUT2D eigenvalue weighted by Crippen LogP contribution is 2.36. The molecule has 4 nitrogen and oxygen atoms in total. The van der Waals surface area contributed by atoms with E-state index in [0.29, 0.717) is 23.8 Å². The van der Waals surface area contributed by atoms with Gasteiger partial charge >= 0.3 is 0 Å². The average molecular weight is 252 g/mol. The zero-order chi connectivity index (χ0) is 12.9. The number of fused-ring (bicyclic) bond motifs is 1. The Balaban J connectivity index is 1.74. The zero-order valence-corrected chi connectivity index (χ0v) is 11.6. The molecule has 0 aliphatic carbocycles. The number of hydrogen-bond donors (Lipinski definition) is 1. The Kier molecular flexibility index (Phi) is 3.10. The number of nitrogens with zero attached hydrogens (tertiary/aromatic N) is 1. The van der Waals surface area contributed by atoms with Gasteiger partial charge in [-0.05, 0) is 32.1 Å². The van der Waals surface area contributed by atoms with Crippen molar-refractivity contribution in [2.24, 2.45) is 17.8 Å². The summed E-state index contributed by atoms with van der Waals surface area (Å²) in [6, 6.07) is 0.438. The van der Waals surface area contributed by atoms with Crippen molar-refractivity contribution < 1.29 is 9.53 Å². The van der Waals surface area contributed by atoms with Crippen LogP contribution in [0.4, 0.5) is 0 Å². The lowest BCUT2D eigenvalue weighted by atomic mass is 9.88. The van der Waals surface area contributed by atoms with E-state index in [1.165, 1.54) is 0 Å². The van der Waals surface area contributed by atoms with Gasteiger partial charge in [0.25, 0.3) is 0 Å². The summed E-state index contributed by atoms with van der Waals surface area (Å²) in [5.41, 5.74) is 0. The van der Waals surface area contributed by atoms with Gasteiger partial charge < -0.3 is 15.0 Å². The lowest BCUT2D eigenvalue weighted by Gasteiger charge is -2.29. The molecule has 0 aromatic rings. The zero-order valence-electron chi connectivity index (χ0n) is 11.6. The molecule has 4 unspecified atom stereocenters. The van der Waals surface area contributed by atoms with Crippen LogP contribution in [0, 0.1) is 17.8 Å². The van der Waals surface area contributed by atoms with Crippen LogP contribution in [-0.4, -0.2) is 48.7 Å². The van der Waals surface area contributed by atoms with Crippen molar-refractivity contribution >= 4 is 5.91 Å². The predicted octanol–water partition coefficient (Wildman–Crippen LogP) is 0.866. The van der Waals surface area contributed by atoms with Crippen LogP contribution >= 0.6 is 0 Å². The average Bonchev–Trinajstić information content (AvgIpc) is 2.94. The van der Waals surface area contributed by atoms with Crippen molar-refractivity contribution in [2.75, 3.05) is 19.6 Å². The highest BCUT2D eigenvalue weighted by Gasteiger charge is 2.47. The van der Waals surface area contributed by atoms with Crippen molar-refractivity contribution in [2.45, 2.75) is 45.4 Å². The number of nitrogens with one attached hydrogen (secondary N) is 1. The lowest BCUT2D eigenvalue weighted by Crippen LogP contribution is -2.45. The van der Waals surface area contributed by atoms with Gasteiger partial charge in [0, 0.05) is 25.7 Å². The topological polar surface area (TPSA) is 41.6 Å². The molecule has 3 saturated heterocycles. The molecule has 1 amide bonds. The Morgan fingerprint density at radius 1 is 1.22 bits per heavy atom. The van der Waals surface area contributed by atoms with Crippen molar-refractivity contribution in [3.63, 3.8) is 0 Å². The Hall–Kier alpha value is -0.610. The molecule has 4 heteroatoms. The number of ether oxygens (including phenoxy) is 1. The van der Waals surface area contributed by atoms with Gasteiger partial charge in [0.2, 0.25) is 5.91 Å². The van der Waals surface area contributed by atoms with Crippen molar-refractivity contribution in [3.05, 3.63) is 0 Å². The van der Waals surface area contributed by atoms with Crippen molar-refractivity contribution in [1.29, 1.82) is 0 Å². The largest absolute Gasteiger partial charge is 0.374 e. The predicted molar refractivity (Wildman–Crippen MR) is 69.1 cm³/mol. The second-order valence-electron chi connectivity index (χ2n) is 6.24. The van der Waals surface area contributed by atoms with Gasteiger partial charge in [-0.15, -0.1) is 0 Å². The molecule has 3 heterocycles. The van der Waals surface area contributed by atoms with Crippen molar-refractivity contribution in [1.82, 2.24) is 10.2 Å². The molecular formula is C14H24N2O2. The molecule has 102 valence electrons. The summed E-state index contributed by atoms with van der Waals surface area (Å²) in [6.45, 7) is 9.28. The minimum absolute atomic E-state index is 0.0550. The summed E-state index contributed by atoms with van der Waals surface area (Å²) in [7, 11) is 0. The van der Waals surface area contributed by atoms with Crippen LogP contribution in [0.5, 0.6) is 0 Å². The van der Waals surface area contributed by atoms with Gasteiger partial charge in [-0.3, -0.25) is 4.79 Å². The van der Waals surface area contributed by atoms with E-state index in [2.05, 4.69) is 24.1 Å². The number of rotatable bonds is 1. The third kappa shape index (κ3) is 1.77. The maximum absolute atomic E-state index is 12.8. The summed E-state index contributed by atoms with van der Waals surface area (Å²) in [5.74, 6) is 1.40. The van der Waals surface area contributed by atoms with E-state index in [4.69, 9.17) is 4.74 Å². The van der Waals surface area contributed by atoms with Crippen LogP contribution in [0.1, 0.15) is 27.2 Å². The smallest absolute Gasteiger partial charge is 0.228 e. The quantitative estimate of drug-likeness (QED) is 0.753. The lowest BCUT2D eigenvalue weighted by molar-refractivity contribution is -0.138. The molecule has 3 aliphatic rings. The van der Waals surface area contributed by atoms with Gasteiger partial charge in [0.05, 0.1) is 18.1 Å². The van der Waals surface area contributed by atoms with Gasteiger partial charge in [-0.1, -0.05) is 6.92 Å². The standard InChI is InChI=1S/C14H24N2O2/c1-8-9(2)18-10(3)13(8)14(17)16-5-4-11-6-15-7-12(11)16/h8-13,15H,4-7H2,1-3H3/t8?,9?,10?,11-,12+,13?/m1/s1. The Labute approximate surface area is 109 Å². The Bertz CT molecular complexity index is 347. The molecule has 6 atom stereocenters. The van der Waals surface area contributed by atoms with Crippen molar-refractivity contribution in [3.8, 4) is 0 Å². The number of amides is 1. The second-order valence-corrected chi connectivity index (χ2v) is 6.24. The second kappa shape index (κ2) is 4.49. The molecule has 3 rings (SSSR count). The fourth-order valence-electron chi connectivity index (χ4n) is 4.01. The van der Waals surface area contributed by atoms with Gasteiger partial charge in [-0.25, -0.2) is 0 Å². The minimum Gasteiger partial charge on any atom is -0.374 e. The van der Waals surface area contributed by atoms with E-state index < -0.39 is 0 Å². The van der Waals surface area contributed by atoms with E-state index >= 15 is 0 Å². The molecule has 0 aromatic carbocycles. The third-order valence-electron chi connectivity index (χ3n) is 5.26. The monoisotopic (exact) mass is 252 g/mol. The minimum atomic E-state index is 0.0550. The number of hydrogen-bond acceptors (Lipinski definition) is 3. The molecule has 0 radical (unpaired) electrons. The highest BCUT2D eigenvalue weighted by atomic mass is 16.5. The summed E-state index contributed by atoms with van der Waals surface area (Å²) in [4.78, 5) is 14.9. The van der Waals surface area contributed by atoms with E-state index in [-0.39, 0.29) is 18.1 Å². The molecule has 0 spiro atoms. The molecule has 18 heavy (non-hydrogen) atoms. The molecule has 0 bridgehead atoms. The highest BCUT2D eigenvalue weighted by molar-refractivity contribution is 5.81. The van der Waals surface area contributed by atoms with Gasteiger partial charge in [-0.2, -0.15) is 0 Å². The van der Waals surface area contributed by atoms with Crippen LogP contribution in [0.15, 0.2) is 0 Å². The summed E-state index contributed by atoms with van der Waals surface area (Å²) in [6.07, 6.45) is 1.43. The van der Waals surface area contributed by atoms with Crippen LogP contribution in [-0.2, 0) is 9.53 Å². The molecular weight excluding hydrogens is 228 g/mol. The van der Waals surface area contributed by atoms with Gasteiger partial charge in [0.15, 0.2) is 0 Å². The maximum Gasteiger partial charge on any atom is 0.228 e. The fourth-order valence-corrected chi connectivity index (χ4v) is 4.01. The molecule has 3 fully saturated rings. The third-order valence-corrected chi connectivity index (χ3v) is 5.26. The fraction of sp³-hybridized carbons (Fsp3) is 0.929. The van der Waals surface area contributed by atoms with Gasteiger partial charge in [0.1, 0.15) is 0 Å². The molecule has 3 aliphatic heterocycles. The molecule has 0 saturated carbocycles. The molecule has 0 aromatic heterocycles. The normalized spacial score (nSPS) is 47.6. The molecule has 1 N–H and O–H groups in total. The Morgan fingerprint density at radius 2 is 2.00 bits per heavy atom. The van der Waals surface area contributed by atoms with E-state index in [1.807, 2.05) is 6.92 Å². The summed E-state index contributed by atoms with van der Waals surface area (Å²) >= 11 is 0. The number of carbonyl (C=O) groups excluding carboxylic acids is 1. The van der Waals surface area contributed by atoms with Crippen LogP contribution in [0.3, 0.4) is 0 Å². The first kappa shape index (κ1) is 12.4. The first-order valence-electron chi connectivity index (χ1n) is 7.26. The number of likely N-dealkylation sites (tertiary alicyclic amines) is 1. The summed E-state index contributed by atoms with van der Waals surface area (Å²) in [5, 5.41) is 3.41. The first-order valence-corrected chi connectivity index (χ1v) is 7.26. The SMILES string of the molecule is CC1OC(C)C(C(=O)N2CC[C@@H]3CNC[C@@H]32)C1C. The van der Waals surface area contributed by atoms with Crippen LogP contribution < -0.4 is 5.32 Å². The summed E-state index contributed by atoms with van der Waals surface area (Å²) < 4.78 is 5.81. The van der Waals surface area contributed by atoms with Crippen LogP contribution in [0.25, 0.3) is 0 Å². The maximum atomic E-state index is 12.8. The van der Waals surface area contributed by atoms with E-state index in [1.54, 1.807) is 0 Å². The van der Waals surface area contributed by atoms with E-state index in [0.717, 1.165) is 26.1 Å². The van der Waals surface area contributed by atoms with Crippen LogP contribution in [0.2, 0.25) is 0 Å². The number of carbonyl (C=O) groups is 1. The van der Waals surface area contributed by atoms with E-state index in [9.17, 15) is 4.79 Å². The first-order chi connectivity index (χ1) is 8.59. The Morgan fingerprint density at radius 3 is 2.67 bits per heavy atom.